The van der Waals surface area contributed by atoms with Gasteiger partial charge in [-0.1, -0.05) is 61.7 Å². The summed E-state index contributed by atoms with van der Waals surface area (Å²) in [6.07, 6.45) is 0. The summed E-state index contributed by atoms with van der Waals surface area (Å²) in [6.45, 7) is 8.33. The summed E-state index contributed by atoms with van der Waals surface area (Å²) in [5, 5.41) is 2.99. The van der Waals surface area contributed by atoms with Crippen LogP contribution in [0.3, 0.4) is 0 Å². The molecule has 0 atom stereocenters. The van der Waals surface area contributed by atoms with Crippen LogP contribution >= 0.6 is 0 Å². The summed E-state index contributed by atoms with van der Waals surface area (Å²) in [6, 6.07) is 21.4. The second-order valence-electron chi connectivity index (χ2n) is 6.38. The fraction of sp³-hybridized carbons (Fsp3) is 0. The maximum atomic E-state index is 13.3. The third-order valence-corrected chi connectivity index (χ3v) is 4.96. The van der Waals surface area contributed by atoms with Crippen LogP contribution in [-0.2, 0) is 0 Å². The van der Waals surface area contributed by atoms with Gasteiger partial charge in [0.2, 0.25) is 0 Å². The van der Waals surface area contributed by atoms with E-state index in [1.807, 2.05) is 65.2 Å². The zero-order valence-corrected chi connectivity index (χ0v) is 13.6. The number of hydrogen-bond donors (Lipinski definition) is 0. The Hall–Kier alpha value is -3.39. The van der Waals surface area contributed by atoms with Gasteiger partial charge in [-0.25, -0.2) is 0 Å². The molecule has 2 heteroatoms. The van der Waals surface area contributed by atoms with Crippen LogP contribution in [0.2, 0.25) is 0 Å². The highest BCUT2D eigenvalue weighted by Gasteiger charge is 2.33. The molecular weight excluding hydrogens is 306 g/mol. The molecule has 25 heavy (non-hydrogen) atoms. The lowest BCUT2D eigenvalue weighted by Gasteiger charge is -2.23. The van der Waals surface area contributed by atoms with E-state index in [9.17, 15) is 4.79 Å². The number of nitrogens with zero attached hydrogens (tertiary/aromatic N) is 1. The lowest BCUT2D eigenvalue weighted by atomic mass is 9.82. The molecule has 5 rings (SSSR count). The Balaban J connectivity index is 1.90. The summed E-state index contributed by atoms with van der Waals surface area (Å²) in [5.41, 5.74) is 5.85. The Morgan fingerprint density at radius 2 is 1.36 bits per heavy atom. The molecule has 1 aromatic heterocycles. The SMILES string of the molecule is C=c1ccc(=C)c2c1-c1c-2n(C(=O)c2ccccc2)c2ccccc12. The van der Waals surface area contributed by atoms with E-state index < -0.39 is 0 Å². The van der Waals surface area contributed by atoms with Gasteiger partial charge in [-0.15, -0.1) is 0 Å². The predicted octanol–water partition coefficient (Wildman–Crippen LogP) is 3.80. The Morgan fingerprint density at radius 3 is 2.12 bits per heavy atom. The van der Waals surface area contributed by atoms with Gasteiger partial charge >= 0.3 is 0 Å². The average Bonchev–Trinajstić information content (AvgIpc) is 2.90. The van der Waals surface area contributed by atoms with Crippen LogP contribution in [0.15, 0.2) is 66.7 Å². The first-order chi connectivity index (χ1) is 12.2. The maximum Gasteiger partial charge on any atom is 0.262 e. The van der Waals surface area contributed by atoms with Crippen molar-refractivity contribution in [2.75, 3.05) is 0 Å². The second kappa shape index (κ2) is 4.81. The van der Waals surface area contributed by atoms with Crippen LogP contribution in [0.25, 0.3) is 46.4 Å². The molecule has 0 radical (unpaired) electrons. The van der Waals surface area contributed by atoms with E-state index in [4.69, 9.17) is 0 Å². The zero-order chi connectivity index (χ0) is 17.1. The Bertz CT molecular complexity index is 1280. The lowest BCUT2D eigenvalue weighted by Crippen LogP contribution is -2.24. The molecule has 0 amide bonds. The highest BCUT2D eigenvalue weighted by atomic mass is 16.2. The summed E-state index contributed by atoms with van der Waals surface area (Å²) < 4.78 is 1.83. The van der Waals surface area contributed by atoms with Gasteiger partial charge in [-0.05, 0) is 28.6 Å². The van der Waals surface area contributed by atoms with Crippen LogP contribution in [0.4, 0.5) is 0 Å². The van der Waals surface area contributed by atoms with E-state index in [2.05, 4.69) is 19.2 Å². The topological polar surface area (TPSA) is 22.0 Å². The number of rotatable bonds is 1. The van der Waals surface area contributed by atoms with Gasteiger partial charge in [0, 0.05) is 27.6 Å². The molecule has 118 valence electrons. The quantitative estimate of drug-likeness (QED) is 0.460. The summed E-state index contributed by atoms with van der Waals surface area (Å²) in [5.74, 6) is -0.0161. The van der Waals surface area contributed by atoms with E-state index in [1.165, 1.54) is 0 Å². The zero-order valence-electron chi connectivity index (χ0n) is 13.6. The Labute approximate surface area is 145 Å². The largest absolute Gasteiger partial charge is 0.275 e. The minimum Gasteiger partial charge on any atom is -0.275 e. The van der Waals surface area contributed by atoms with Crippen molar-refractivity contribution in [1.82, 2.24) is 4.57 Å². The highest BCUT2D eigenvalue weighted by molar-refractivity contribution is 6.20. The van der Waals surface area contributed by atoms with E-state index in [0.29, 0.717) is 5.56 Å². The van der Waals surface area contributed by atoms with E-state index >= 15 is 0 Å². The molecule has 0 spiro atoms. The van der Waals surface area contributed by atoms with Gasteiger partial charge in [0.1, 0.15) is 0 Å². The average molecular weight is 321 g/mol. The fourth-order valence-electron chi connectivity index (χ4n) is 3.83. The molecule has 0 aliphatic heterocycles. The fourth-order valence-corrected chi connectivity index (χ4v) is 3.83. The summed E-state index contributed by atoms with van der Waals surface area (Å²) >= 11 is 0. The number of para-hydroxylation sites is 1. The molecule has 0 fully saturated rings. The number of aromatic nitrogens is 1. The van der Waals surface area contributed by atoms with Crippen LogP contribution < -0.4 is 10.4 Å². The Kier molecular flexibility index (Phi) is 2.69. The lowest BCUT2D eigenvalue weighted by molar-refractivity contribution is 0.0966. The highest BCUT2D eigenvalue weighted by Crippen LogP contribution is 2.49. The van der Waals surface area contributed by atoms with Crippen molar-refractivity contribution in [3.8, 4) is 22.4 Å². The molecule has 0 saturated heterocycles. The van der Waals surface area contributed by atoms with Crippen LogP contribution in [-0.4, -0.2) is 10.5 Å². The molecule has 1 aliphatic carbocycles. The minimum absolute atomic E-state index is 0.0161. The normalized spacial score (nSPS) is 11.7. The molecule has 2 nitrogen and oxygen atoms in total. The first kappa shape index (κ1) is 14.0. The van der Waals surface area contributed by atoms with Crippen molar-refractivity contribution >= 4 is 30.0 Å². The van der Waals surface area contributed by atoms with Crippen molar-refractivity contribution in [3.05, 3.63) is 82.7 Å². The van der Waals surface area contributed by atoms with E-state index in [1.54, 1.807) is 0 Å². The molecule has 0 N–H and O–H groups in total. The van der Waals surface area contributed by atoms with Crippen molar-refractivity contribution in [2.24, 2.45) is 0 Å². The number of fused-ring (bicyclic) bond motifs is 6. The summed E-state index contributed by atoms with van der Waals surface area (Å²) in [7, 11) is 0. The molecule has 1 aliphatic rings. The van der Waals surface area contributed by atoms with Crippen LogP contribution in [0.1, 0.15) is 10.4 Å². The first-order valence-corrected chi connectivity index (χ1v) is 8.23. The van der Waals surface area contributed by atoms with Crippen LogP contribution in [0.5, 0.6) is 0 Å². The molecular formula is C23H15NO. The van der Waals surface area contributed by atoms with Gasteiger partial charge < -0.3 is 0 Å². The van der Waals surface area contributed by atoms with Gasteiger partial charge in [0.25, 0.3) is 5.91 Å². The maximum absolute atomic E-state index is 13.3. The number of benzene rings is 3. The smallest absolute Gasteiger partial charge is 0.262 e. The third-order valence-electron chi connectivity index (χ3n) is 4.96. The number of carbonyl (C=O) groups is 1. The van der Waals surface area contributed by atoms with Gasteiger partial charge in [-0.2, -0.15) is 0 Å². The summed E-state index contributed by atoms with van der Waals surface area (Å²) in [4.78, 5) is 13.3. The number of carbonyl (C=O) groups excluding carboxylic acids is 1. The van der Waals surface area contributed by atoms with E-state index in [-0.39, 0.29) is 5.91 Å². The van der Waals surface area contributed by atoms with Crippen molar-refractivity contribution in [3.63, 3.8) is 0 Å². The molecule has 0 saturated carbocycles. The van der Waals surface area contributed by atoms with Crippen molar-refractivity contribution in [2.45, 2.75) is 0 Å². The molecule has 1 heterocycles. The molecule has 0 unspecified atom stereocenters. The monoisotopic (exact) mass is 321 g/mol. The standard InChI is InChI=1S/C23H15NO/c1-14-12-13-15(2)20-19(14)21-17-10-6-7-11-18(17)24(22(20)21)23(25)16-8-4-3-5-9-16/h3-13H,1-2H2. The first-order valence-electron chi connectivity index (χ1n) is 8.23. The Morgan fingerprint density at radius 1 is 0.720 bits per heavy atom. The van der Waals surface area contributed by atoms with Crippen LogP contribution in [0, 0.1) is 0 Å². The minimum atomic E-state index is -0.0161. The van der Waals surface area contributed by atoms with Gasteiger partial charge in [-0.3, -0.25) is 9.36 Å². The predicted molar refractivity (Wildman–Crippen MR) is 103 cm³/mol. The van der Waals surface area contributed by atoms with Crippen molar-refractivity contribution < 1.29 is 4.79 Å². The number of hydrogen-bond acceptors (Lipinski definition) is 1. The van der Waals surface area contributed by atoms with Gasteiger partial charge in [0.15, 0.2) is 0 Å². The van der Waals surface area contributed by atoms with E-state index in [0.717, 1.165) is 43.7 Å². The molecule has 0 bridgehead atoms. The molecule has 3 aromatic carbocycles. The van der Waals surface area contributed by atoms with Crippen molar-refractivity contribution in [1.29, 1.82) is 0 Å². The van der Waals surface area contributed by atoms with Gasteiger partial charge in [0.05, 0.1) is 11.2 Å². The molecule has 4 aromatic rings. The second-order valence-corrected chi connectivity index (χ2v) is 6.38. The third kappa shape index (κ3) is 1.71.